The summed E-state index contributed by atoms with van der Waals surface area (Å²) in [6, 6.07) is 15.1. The maximum atomic E-state index is 4.13. The van der Waals surface area contributed by atoms with Crippen molar-refractivity contribution in [1.29, 1.82) is 0 Å². The fourth-order valence-corrected chi connectivity index (χ4v) is 4.30. The van der Waals surface area contributed by atoms with E-state index in [1.165, 1.54) is 70.0 Å². The van der Waals surface area contributed by atoms with E-state index in [1.54, 1.807) is 0 Å². The van der Waals surface area contributed by atoms with Crippen LogP contribution in [0.15, 0.2) is 54.9 Å². The van der Waals surface area contributed by atoms with Gasteiger partial charge in [-0.1, -0.05) is 18.2 Å². The van der Waals surface area contributed by atoms with E-state index < -0.39 is 0 Å². The predicted octanol–water partition coefficient (Wildman–Crippen LogP) is 2.41. The molecule has 0 bridgehead atoms. The van der Waals surface area contributed by atoms with Gasteiger partial charge in [0.1, 0.15) is 0 Å². The summed E-state index contributed by atoms with van der Waals surface area (Å²) in [5, 5.41) is 0. The van der Waals surface area contributed by atoms with Gasteiger partial charge >= 0.3 is 0 Å². The Hall–Kier alpha value is -1.95. The average molecular weight is 380 g/mol. The quantitative estimate of drug-likeness (QED) is 0.768. The lowest BCUT2D eigenvalue weighted by Gasteiger charge is -2.37. The van der Waals surface area contributed by atoms with Crippen molar-refractivity contribution in [1.82, 2.24) is 19.7 Å². The lowest BCUT2D eigenvalue weighted by molar-refractivity contribution is 0.196. The Bertz CT molecular complexity index is 685. The first-order chi connectivity index (χ1) is 13.9. The van der Waals surface area contributed by atoms with Crippen LogP contribution in [0.4, 0.5) is 5.69 Å². The predicted molar refractivity (Wildman–Crippen MR) is 116 cm³/mol. The summed E-state index contributed by atoms with van der Waals surface area (Å²) < 4.78 is 0. The molecule has 0 spiro atoms. The van der Waals surface area contributed by atoms with Gasteiger partial charge < -0.3 is 9.80 Å². The van der Waals surface area contributed by atoms with Crippen LogP contribution in [-0.4, -0.2) is 85.1 Å². The van der Waals surface area contributed by atoms with Crippen LogP contribution in [0.5, 0.6) is 0 Å². The number of anilines is 1. The van der Waals surface area contributed by atoms with Crippen molar-refractivity contribution in [2.24, 2.45) is 0 Å². The lowest BCUT2D eigenvalue weighted by atomic mass is 10.2. The highest BCUT2D eigenvalue weighted by Crippen LogP contribution is 2.15. The molecule has 28 heavy (non-hydrogen) atoms. The Balaban J connectivity index is 1.17. The molecule has 0 aliphatic carbocycles. The number of piperazine rings is 1. The number of hydrogen-bond donors (Lipinski definition) is 0. The van der Waals surface area contributed by atoms with Gasteiger partial charge in [0.15, 0.2) is 0 Å². The third-order valence-electron chi connectivity index (χ3n) is 6.06. The van der Waals surface area contributed by atoms with E-state index in [-0.39, 0.29) is 0 Å². The second kappa shape index (κ2) is 10.0. The van der Waals surface area contributed by atoms with Crippen LogP contribution in [0.2, 0.25) is 0 Å². The minimum absolute atomic E-state index is 1.05. The molecule has 0 amide bonds. The molecule has 1 aromatic carbocycles. The van der Waals surface area contributed by atoms with Gasteiger partial charge in [0.05, 0.1) is 0 Å². The normalized spacial score (nSPS) is 20.2. The molecule has 0 saturated carbocycles. The van der Waals surface area contributed by atoms with E-state index in [0.29, 0.717) is 0 Å². The minimum atomic E-state index is 1.05. The zero-order valence-corrected chi connectivity index (χ0v) is 16.9. The van der Waals surface area contributed by atoms with Gasteiger partial charge in [-0.3, -0.25) is 14.8 Å². The number of para-hydroxylation sites is 1. The molecule has 0 atom stereocenters. The zero-order valence-electron chi connectivity index (χ0n) is 16.9. The summed E-state index contributed by atoms with van der Waals surface area (Å²) in [5.41, 5.74) is 2.74. The van der Waals surface area contributed by atoms with Crippen LogP contribution in [0.25, 0.3) is 0 Å². The highest BCUT2D eigenvalue weighted by Gasteiger charge is 2.19. The molecule has 2 aliphatic rings. The fourth-order valence-electron chi connectivity index (χ4n) is 4.30. The molecular weight excluding hydrogens is 346 g/mol. The van der Waals surface area contributed by atoms with Crippen LogP contribution < -0.4 is 4.90 Å². The molecule has 0 unspecified atom stereocenters. The van der Waals surface area contributed by atoms with Gasteiger partial charge in [0, 0.05) is 77.0 Å². The second-order valence-corrected chi connectivity index (χ2v) is 7.99. The summed E-state index contributed by atoms with van der Waals surface area (Å²) in [7, 11) is 0. The summed E-state index contributed by atoms with van der Waals surface area (Å²) >= 11 is 0. The summed E-state index contributed by atoms with van der Waals surface area (Å²) in [6.45, 7) is 12.9. The van der Waals surface area contributed by atoms with E-state index in [1.807, 2.05) is 12.4 Å². The van der Waals surface area contributed by atoms with Crippen LogP contribution in [0.3, 0.4) is 0 Å². The number of rotatable bonds is 6. The zero-order chi connectivity index (χ0) is 19.0. The van der Waals surface area contributed by atoms with Crippen LogP contribution in [0.1, 0.15) is 12.0 Å². The SMILES string of the molecule is c1ccc(N2CCN(CCN3CCCN(Cc4ccncc4)CC3)CC2)cc1. The maximum absolute atomic E-state index is 4.13. The first kappa shape index (κ1) is 19.4. The largest absolute Gasteiger partial charge is 0.369 e. The number of hydrogen-bond acceptors (Lipinski definition) is 5. The fraction of sp³-hybridized carbons (Fsp3) is 0.522. The third-order valence-corrected chi connectivity index (χ3v) is 6.06. The topological polar surface area (TPSA) is 25.9 Å². The Morgan fingerprint density at radius 2 is 1.25 bits per heavy atom. The number of pyridine rings is 1. The van der Waals surface area contributed by atoms with Gasteiger partial charge in [-0.25, -0.2) is 0 Å². The van der Waals surface area contributed by atoms with Crippen molar-refractivity contribution in [3.05, 3.63) is 60.4 Å². The van der Waals surface area contributed by atoms with Gasteiger partial charge in [0.2, 0.25) is 0 Å². The molecule has 2 aliphatic heterocycles. The molecule has 2 saturated heterocycles. The highest BCUT2D eigenvalue weighted by atomic mass is 15.3. The molecule has 3 heterocycles. The van der Waals surface area contributed by atoms with Crippen molar-refractivity contribution in [3.8, 4) is 0 Å². The van der Waals surface area contributed by atoms with Crippen molar-refractivity contribution in [2.45, 2.75) is 13.0 Å². The molecule has 5 nitrogen and oxygen atoms in total. The summed E-state index contributed by atoms with van der Waals surface area (Å²) in [6.07, 6.45) is 5.07. The summed E-state index contributed by atoms with van der Waals surface area (Å²) in [5.74, 6) is 0. The van der Waals surface area contributed by atoms with E-state index in [4.69, 9.17) is 0 Å². The molecule has 0 radical (unpaired) electrons. The lowest BCUT2D eigenvalue weighted by Crippen LogP contribution is -2.48. The molecular formula is C23H33N5. The van der Waals surface area contributed by atoms with E-state index >= 15 is 0 Å². The molecule has 5 heteroatoms. The van der Waals surface area contributed by atoms with Gasteiger partial charge in [0.25, 0.3) is 0 Å². The van der Waals surface area contributed by atoms with E-state index in [0.717, 1.165) is 19.6 Å². The van der Waals surface area contributed by atoms with Gasteiger partial charge in [-0.2, -0.15) is 0 Å². The molecule has 1 aromatic heterocycles. The first-order valence-corrected chi connectivity index (χ1v) is 10.7. The summed E-state index contributed by atoms with van der Waals surface area (Å²) in [4.78, 5) is 14.5. The van der Waals surface area contributed by atoms with Gasteiger partial charge in [-0.15, -0.1) is 0 Å². The van der Waals surface area contributed by atoms with Crippen molar-refractivity contribution in [2.75, 3.05) is 70.3 Å². The number of nitrogens with zero attached hydrogens (tertiary/aromatic N) is 5. The van der Waals surface area contributed by atoms with E-state index in [2.05, 4.69) is 67.0 Å². The first-order valence-electron chi connectivity index (χ1n) is 10.7. The Morgan fingerprint density at radius 3 is 2.00 bits per heavy atom. The van der Waals surface area contributed by atoms with Crippen molar-refractivity contribution >= 4 is 5.69 Å². The number of benzene rings is 1. The third kappa shape index (κ3) is 5.53. The monoisotopic (exact) mass is 379 g/mol. The molecule has 2 fully saturated rings. The highest BCUT2D eigenvalue weighted by molar-refractivity contribution is 5.46. The Labute approximate surface area is 169 Å². The van der Waals surface area contributed by atoms with Crippen molar-refractivity contribution in [3.63, 3.8) is 0 Å². The van der Waals surface area contributed by atoms with Crippen molar-refractivity contribution < 1.29 is 0 Å². The molecule has 0 N–H and O–H groups in total. The van der Waals surface area contributed by atoms with E-state index in [9.17, 15) is 0 Å². The molecule has 4 rings (SSSR count). The van der Waals surface area contributed by atoms with Crippen LogP contribution in [-0.2, 0) is 6.54 Å². The Morgan fingerprint density at radius 1 is 0.643 bits per heavy atom. The van der Waals surface area contributed by atoms with Gasteiger partial charge in [-0.05, 0) is 49.3 Å². The van der Waals surface area contributed by atoms with Crippen LogP contribution in [0, 0.1) is 0 Å². The standard InChI is InChI=1S/C23H33N5/c1-2-5-23(6-3-1)28-19-17-26(18-20-28)14-13-25-11-4-12-27(16-15-25)21-22-7-9-24-10-8-22/h1-3,5-10H,4,11-21H2. The minimum Gasteiger partial charge on any atom is -0.369 e. The molecule has 2 aromatic rings. The Kier molecular flexibility index (Phi) is 6.92. The molecule has 150 valence electrons. The maximum Gasteiger partial charge on any atom is 0.0367 e. The second-order valence-electron chi connectivity index (χ2n) is 7.99. The van der Waals surface area contributed by atoms with Crippen LogP contribution >= 0.6 is 0 Å². The number of aromatic nitrogens is 1. The average Bonchev–Trinajstić information content (AvgIpc) is 2.99. The smallest absolute Gasteiger partial charge is 0.0367 e.